The Kier molecular flexibility index (Phi) is 4.78. The molecule has 1 unspecified atom stereocenters. The second-order valence-corrected chi connectivity index (χ2v) is 3.60. The highest BCUT2D eigenvalue weighted by atomic mass is 15.3. The molecule has 0 aliphatic heterocycles. The molecule has 86 valence electrons. The smallest absolute Gasteiger partial charge is 0.0538 e. The van der Waals surface area contributed by atoms with Crippen molar-refractivity contribution in [2.75, 3.05) is 19.6 Å². The van der Waals surface area contributed by atoms with E-state index in [2.05, 4.69) is 37.0 Å². The zero-order chi connectivity index (χ0) is 11.3. The van der Waals surface area contributed by atoms with Crippen LogP contribution < -0.4 is 5.73 Å². The molecule has 1 aromatic rings. The van der Waals surface area contributed by atoms with E-state index in [4.69, 9.17) is 5.73 Å². The van der Waals surface area contributed by atoms with Crippen LogP contribution in [-0.4, -0.2) is 34.3 Å². The van der Waals surface area contributed by atoms with Crippen molar-refractivity contribution in [1.29, 1.82) is 0 Å². The minimum absolute atomic E-state index is 0.306. The first kappa shape index (κ1) is 12.2. The highest BCUT2D eigenvalue weighted by Crippen LogP contribution is 2.18. The van der Waals surface area contributed by atoms with Crippen molar-refractivity contribution < 1.29 is 0 Å². The van der Waals surface area contributed by atoms with Crippen molar-refractivity contribution in [3.8, 4) is 0 Å². The van der Waals surface area contributed by atoms with Gasteiger partial charge in [-0.05, 0) is 20.0 Å². The van der Waals surface area contributed by atoms with E-state index in [1.54, 1.807) is 0 Å². The Morgan fingerprint density at radius 1 is 1.40 bits per heavy atom. The fourth-order valence-corrected chi connectivity index (χ4v) is 1.88. The number of rotatable bonds is 6. The van der Waals surface area contributed by atoms with Crippen LogP contribution in [0.2, 0.25) is 0 Å². The monoisotopic (exact) mass is 210 g/mol. The molecule has 0 saturated heterocycles. The van der Waals surface area contributed by atoms with Gasteiger partial charge in [-0.15, -0.1) is 0 Å². The first-order chi connectivity index (χ1) is 7.26. The maximum absolute atomic E-state index is 5.83. The lowest BCUT2D eigenvalue weighted by atomic mass is 10.1. The fourth-order valence-electron chi connectivity index (χ4n) is 1.88. The number of aromatic nitrogens is 2. The summed E-state index contributed by atoms with van der Waals surface area (Å²) in [6.45, 7) is 10.0. The molecule has 4 nitrogen and oxygen atoms in total. The number of nitrogens with zero attached hydrogens (tertiary/aromatic N) is 3. The van der Waals surface area contributed by atoms with E-state index in [0.717, 1.165) is 19.6 Å². The van der Waals surface area contributed by atoms with Crippen LogP contribution in [0, 0.1) is 0 Å². The largest absolute Gasteiger partial charge is 0.329 e. The molecule has 0 radical (unpaired) electrons. The summed E-state index contributed by atoms with van der Waals surface area (Å²) in [7, 11) is 0. The third-order valence-corrected chi connectivity index (χ3v) is 2.84. The van der Waals surface area contributed by atoms with Gasteiger partial charge in [-0.2, -0.15) is 5.10 Å². The molecule has 1 atom stereocenters. The number of likely N-dealkylation sites (N-methyl/N-ethyl adjacent to an activating group) is 1. The third-order valence-electron chi connectivity index (χ3n) is 2.84. The molecule has 2 N–H and O–H groups in total. The van der Waals surface area contributed by atoms with Gasteiger partial charge in [-0.3, -0.25) is 9.58 Å². The van der Waals surface area contributed by atoms with Crippen LogP contribution in [-0.2, 0) is 6.54 Å². The van der Waals surface area contributed by atoms with Crippen molar-refractivity contribution in [2.45, 2.75) is 33.4 Å². The standard InChI is InChI=1S/C11H22N4/c1-4-14(5-2)11(7-12)10-8-13-15(6-3)9-10/h8-9,11H,4-7,12H2,1-3H3. The van der Waals surface area contributed by atoms with Gasteiger partial charge >= 0.3 is 0 Å². The average Bonchev–Trinajstić information content (AvgIpc) is 2.73. The Morgan fingerprint density at radius 2 is 2.07 bits per heavy atom. The lowest BCUT2D eigenvalue weighted by molar-refractivity contribution is 0.224. The number of aryl methyl sites for hydroxylation is 1. The van der Waals surface area contributed by atoms with Gasteiger partial charge < -0.3 is 5.73 Å². The van der Waals surface area contributed by atoms with Gasteiger partial charge in [0.2, 0.25) is 0 Å². The SMILES string of the molecule is CCN(CC)C(CN)c1cnn(CC)c1. The molecule has 4 heteroatoms. The lowest BCUT2D eigenvalue weighted by Crippen LogP contribution is -2.33. The predicted octanol–water partition coefficient (Wildman–Crippen LogP) is 1.24. The highest BCUT2D eigenvalue weighted by molar-refractivity contribution is 5.11. The van der Waals surface area contributed by atoms with Crippen LogP contribution in [0.25, 0.3) is 0 Å². The zero-order valence-electron chi connectivity index (χ0n) is 9.98. The van der Waals surface area contributed by atoms with E-state index in [0.29, 0.717) is 12.6 Å². The third kappa shape index (κ3) is 2.79. The molecule has 1 rings (SSSR count). The first-order valence-corrected chi connectivity index (χ1v) is 5.73. The summed E-state index contributed by atoms with van der Waals surface area (Å²) in [6, 6.07) is 0.306. The van der Waals surface area contributed by atoms with Gasteiger partial charge in [0.1, 0.15) is 0 Å². The van der Waals surface area contributed by atoms with Gasteiger partial charge in [-0.25, -0.2) is 0 Å². The molecule has 0 aromatic carbocycles. The summed E-state index contributed by atoms with van der Waals surface area (Å²) in [6.07, 6.45) is 4.02. The van der Waals surface area contributed by atoms with E-state index in [1.807, 2.05) is 10.9 Å². The van der Waals surface area contributed by atoms with Gasteiger partial charge in [0.25, 0.3) is 0 Å². The zero-order valence-corrected chi connectivity index (χ0v) is 9.98. The summed E-state index contributed by atoms with van der Waals surface area (Å²) < 4.78 is 1.95. The molecule has 0 aliphatic rings. The summed E-state index contributed by atoms with van der Waals surface area (Å²) in [5.41, 5.74) is 7.05. The molecule has 0 saturated carbocycles. The Hall–Kier alpha value is -0.870. The minimum atomic E-state index is 0.306. The Labute approximate surface area is 92.1 Å². The van der Waals surface area contributed by atoms with E-state index in [1.165, 1.54) is 5.56 Å². The van der Waals surface area contributed by atoms with Crippen molar-refractivity contribution in [3.63, 3.8) is 0 Å². The second kappa shape index (κ2) is 5.88. The summed E-state index contributed by atoms with van der Waals surface area (Å²) in [4.78, 5) is 2.36. The summed E-state index contributed by atoms with van der Waals surface area (Å²) in [5, 5.41) is 4.29. The molecular weight excluding hydrogens is 188 g/mol. The van der Waals surface area contributed by atoms with Crippen molar-refractivity contribution in [1.82, 2.24) is 14.7 Å². The van der Waals surface area contributed by atoms with E-state index in [9.17, 15) is 0 Å². The average molecular weight is 210 g/mol. The molecule has 1 aromatic heterocycles. The molecule has 0 spiro atoms. The minimum Gasteiger partial charge on any atom is -0.329 e. The van der Waals surface area contributed by atoms with Crippen LogP contribution in [0.4, 0.5) is 0 Å². The molecule has 0 aliphatic carbocycles. The van der Waals surface area contributed by atoms with Crippen molar-refractivity contribution in [3.05, 3.63) is 18.0 Å². The predicted molar refractivity (Wildman–Crippen MR) is 62.6 cm³/mol. The van der Waals surface area contributed by atoms with E-state index in [-0.39, 0.29) is 0 Å². The molecule has 0 amide bonds. The molecule has 0 fully saturated rings. The summed E-state index contributed by atoms with van der Waals surface area (Å²) in [5.74, 6) is 0. The Bertz CT molecular complexity index is 278. The van der Waals surface area contributed by atoms with Crippen LogP contribution in [0.5, 0.6) is 0 Å². The van der Waals surface area contributed by atoms with Gasteiger partial charge in [0.15, 0.2) is 0 Å². The second-order valence-electron chi connectivity index (χ2n) is 3.60. The topological polar surface area (TPSA) is 47.1 Å². The van der Waals surface area contributed by atoms with Crippen LogP contribution in [0.1, 0.15) is 32.4 Å². The highest BCUT2D eigenvalue weighted by Gasteiger charge is 2.17. The summed E-state index contributed by atoms with van der Waals surface area (Å²) >= 11 is 0. The maximum atomic E-state index is 5.83. The number of hydrogen-bond acceptors (Lipinski definition) is 3. The van der Waals surface area contributed by atoms with E-state index >= 15 is 0 Å². The van der Waals surface area contributed by atoms with Crippen LogP contribution >= 0.6 is 0 Å². The van der Waals surface area contributed by atoms with Crippen LogP contribution in [0.3, 0.4) is 0 Å². The van der Waals surface area contributed by atoms with Crippen molar-refractivity contribution in [2.24, 2.45) is 5.73 Å². The number of nitrogens with two attached hydrogens (primary N) is 1. The quantitative estimate of drug-likeness (QED) is 0.768. The molecular formula is C11H22N4. The Morgan fingerprint density at radius 3 is 2.47 bits per heavy atom. The molecule has 0 bridgehead atoms. The van der Waals surface area contributed by atoms with Crippen molar-refractivity contribution >= 4 is 0 Å². The van der Waals surface area contributed by atoms with Gasteiger partial charge in [-0.1, -0.05) is 13.8 Å². The lowest BCUT2D eigenvalue weighted by Gasteiger charge is -2.27. The Balaban J connectivity index is 2.81. The van der Waals surface area contributed by atoms with Gasteiger partial charge in [0, 0.05) is 24.8 Å². The first-order valence-electron chi connectivity index (χ1n) is 5.73. The van der Waals surface area contributed by atoms with Crippen LogP contribution in [0.15, 0.2) is 12.4 Å². The van der Waals surface area contributed by atoms with Gasteiger partial charge in [0.05, 0.1) is 12.2 Å². The number of hydrogen-bond donors (Lipinski definition) is 1. The maximum Gasteiger partial charge on any atom is 0.0538 e. The normalized spacial score (nSPS) is 13.4. The molecule has 15 heavy (non-hydrogen) atoms. The fraction of sp³-hybridized carbons (Fsp3) is 0.727. The van der Waals surface area contributed by atoms with E-state index < -0.39 is 0 Å². The molecule has 1 heterocycles.